The molecule has 3 rings (SSSR count). The zero-order chi connectivity index (χ0) is 14.7. The van der Waals surface area contributed by atoms with Crippen molar-refractivity contribution >= 4 is 11.4 Å². The molecule has 1 unspecified atom stereocenters. The van der Waals surface area contributed by atoms with E-state index >= 15 is 0 Å². The highest BCUT2D eigenvalue weighted by Gasteiger charge is 2.22. The van der Waals surface area contributed by atoms with Crippen LogP contribution in [0.1, 0.15) is 18.5 Å². The Balaban J connectivity index is 1.64. The average Bonchev–Trinajstić information content (AvgIpc) is 2.56. The van der Waals surface area contributed by atoms with Gasteiger partial charge in [-0.15, -0.1) is 0 Å². The average molecular weight is 282 g/mol. The van der Waals surface area contributed by atoms with Crippen molar-refractivity contribution in [2.75, 3.05) is 36.8 Å². The molecule has 1 atom stereocenters. The van der Waals surface area contributed by atoms with Gasteiger partial charge < -0.3 is 10.6 Å². The Hall–Kier alpha value is -2.07. The molecule has 0 bridgehead atoms. The number of rotatable bonds is 3. The van der Waals surface area contributed by atoms with Gasteiger partial charge in [0, 0.05) is 38.4 Å². The summed E-state index contributed by atoms with van der Waals surface area (Å²) in [6.07, 6.45) is 3.54. The lowest BCUT2D eigenvalue weighted by Gasteiger charge is -2.39. The van der Waals surface area contributed by atoms with Crippen molar-refractivity contribution in [1.29, 1.82) is 0 Å². The van der Waals surface area contributed by atoms with Crippen LogP contribution in [0.4, 0.5) is 11.4 Å². The molecule has 2 aromatic rings. The SMILES string of the molecule is CC(c1ccccc1)N1CCN(c2ccncc2N)CC1. The number of nitrogen functional groups attached to an aromatic ring is 1. The molecule has 0 amide bonds. The van der Waals surface area contributed by atoms with Crippen molar-refractivity contribution in [1.82, 2.24) is 9.88 Å². The molecule has 21 heavy (non-hydrogen) atoms. The number of pyridine rings is 1. The van der Waals surface area contributed by atoms with Crippen molar-refractivity contribution in [3.63, 3.8) is 0 Å². The Bertz CT molecular complexity index is 576. The Kier molecular flexibility index (Phi) is 4.06. The topological polar surface area (TPSA) is 45.4 Å². The molecule has 4 heteroatoms. The van der Waals surface area contributed by atoms with Crippen LogP contribution in [0, 0.1) is 0 Å². The summed E-state index contributed by atoms with van der Waals surface area (Å²) in [5.74, 6) is 0. The van der Waals surface area contributed by atoms with Gasteiger partial charge in [0.1, 0.15) is 0 Å². The van der Waals surface area contributed by atoms with E-state index in [4.69, 9.17) is 5.73 Å². The van der Waals surface area contributed by atoms with E-state index in [-0.39, 0.29) is 0 Å². The van der Waals surface area contributed by atoms with Crippen LogP contribution < -0.4 is 10.6 Å². The van der Waals surface area contributed by atoms with Crippen LogP contribution in [0.3, 0.4) is 0 Å². The lowest BCUT2D eigenvalue weighted by Crippen LogP contribution is -2.47. The fourth-order valence-electron chi connectivity index (χ4n) is 2.98. The van der Waals surface area contributed by atoms with Crippen LogP contribution in [0.25, 0.3) is 0 Å². The number of benzene rings is 1. The van der Waals surface area contributed by atoms with Crippen LogP contribution in [0.15, 0.2) is 48.8 Å². The number of hydrogen-bond acceptors (Lipinski definition) is 4. The van der Waals surface area contributed by atoms with Crippen LogP contribution in [-0.4, -0.2) is 36.1 Å². The smallest absolute Gasteiger partial charge is 0.0738 e. The zero-order valence-electron chi connectivity index (χ0n) is 12.4. The van der Waals surface area contributed by atoms with E-state index < -0.39 is 0 Å². The summed E-state index contributed by atoms with van der Waals surface area (Å²) in [6, 6.07) is 13.2. The number of piperazine rings is 1. The van der Waals surface area contributed by atoms with Crippen LogP contribution in [0.2, 0.25) is 0 Å². The van der Waals surface area contributed by atoms with Gasteiger partial charge in [0.25, 0.3) is 0 Å². The Labute approximate surface area is 126 Å². The second-order valence-electron chi connectivity index (χ2n) is 5.54. The third kappa shape index (κ3) is 3.00. The van der Waals surface area contributed by atoms with Gasteiger partial charge in [-0.05, 0) is 18.6 Å². The van der Waals surface area contributed by atoms with Crippen molar-refractivity contribution in [2.24, 2.45) is 0 Å². The number of nitrogens with zero attached hydrogens (tertiary/aromatic N) is 3. The van der Waals surface area contributed by atoms with Crippen molar-refractivity contribution in [2.45, 2.75) is 13.0 Å². The maximum Gasteiger partial charge on any atom is 0.0738 e. The third-order valence-corrected chi connectivity index (χ3v) is 4.31. The van der Waals surface area contributed by atoms with Crippen LogP contribution in [-0.2, 0) is 0 Å². The molecule has 2 heterocycles. The largest absolute Gasteiger partial charge is 0.396 e. The fourth-order valence-corrected chi connectivity index (χ4v) is 2.98. The standard InChI is InChI=1S/C17H22N4/c1-14(15-5-3-2-4-6-15)20-9-11-21(12-10-20)17-7-8-19-13-16(17)18/h2-8,13-14H,9-12,18H2,1H3. The van der Waals surface area contributed by atoms with E-state index in [1.54, 1.807) is 6.20 Å². The second-order valence-corrected chi connectivity index (χ2v) is 5.54. The summed E-state index contributed by atoms with van der Waals surface area (Å²) >= 11 is 0. The summed E-state index contributed by atoms with van der Waals surface area (Å²) in [5, 5.41) is 0. The van der Waals surface area contributed by atoms with E-state index in [2.05, 4.69) is 52.0 Å². The highest BCUT2D eigenvalue weighted by Crippen LogP contribution is 2.26. The van der Waals surface area contributed by atoms with Gasteiger partial charge in [0.15, 0.2) is 0 Å². The molecule has 0 spiro atoms. The van der Waals surface area contributed by atoms with Gasteiger partial charge in [0.05, 0.1) is 17.6 Å². The summed E-state index contributed by atoms with van der Waals surface area (Å²) in [6.45, 7) is 6.40. The molecule has 0 saturated carbocycles. The van der Waals surface area contributed by atoms with Gasteiger partial charge >= 0.3 is 0 Å². The minimum absolute atomic E-state index is 0.461. The van der Waals surface area contributed by atoms with Crippen molar-refractivity contribution < 1.29 is 0 Å². The number of nitrogens with two attached hydrogens (primary N) is 1. The Morgan fingerprint density at radius 2 is 1.76 bits per heavy atom. The minimum Gasteiger partial charge on any atom is -0.396 e. The molecule has 1 saturated heterocycles. The Morgan fingerprint density at radius 3 is 2.43 bits per heavy atom. The molecule has 1 aliphatic rings. The van der Waals surface area contributed by atoms with Gasteiger partial charge in [-0.1, -0.05) is 30.3 Å². The number of anilines is 2. The summed E-state index contributed by atoms with van der Waals surface area (Å²) < 4.78 is 0. The van der Waals surface area contributed by atoms with Crippen LogP contribution >= 0.6 is 0 Å². The molecule has 0 aliphatic carbocycles. The minimum atomic E-state index is 0.461. The van der Waals surface area contributed by atoms with Gasteiger partial charge in [-0.3, -0.25) is 9.88 Å². The van der Waals surface area contributed by atoms with Gasteiger partial charge in [-0.2, -0.15) is 0 Å². The monoisotopic (exact) mass is 282 g/mol. The lowest BCUT2D eigenvalue weighted by atomic mass is 10.1. The molecule has 0 radical (unpaired) electrons. The van der Waals surface area contributed by atoms with Gasteiger partial charge in [-0.25, -0.2) is 0 Å². The number of hydrogen-bond donors (Lipinski definition) is 1. The molecule has 1 aromatic heterocycles. The van der Waals surface area contributed by atoms with E-state index in [9.17, 15) is 0 Å². The van der Waals surface area contributed by atoms with Crippen molar-refractivity contribution in [3.8, 4) is 0 Å². The first kappa shape index (κ1) is 13.9. The summed E-state index contributed by atoms with van der Waals surface area (Å²) in [5.41, 5.74) is 9.28. The van der Waals surface area contributed by atoms with E-state index in [1.807, 2.05) is 12.3 Å². The van der Waals surface area contributed by atoms with E-state index in [0.29, 0.717) is 6.04 Å². The predicted octanol–water partition coefficient (Wildman–Crippen LogP) is 2.55. The molecule has 4 nitrogen and oxygen atoms in total. The highest BCUT2D eigenvalue weighted by molar-refractivity contribution is 5.66. The first-order valence-electron chi connectivity index (χ1n) is 7.49. The molecule has 110 valence electrons. The van der Waals surface area contributed by atoms with E-state index in [0.717, 1.165) is 37.6 Å². The normalized spacial score (nSPS) is 17.7. The highest BCUT2D eigenvalue weighted by atomic mass is 15.3. The van der Waals surface area contributed by atoms with Gasteiger partial charge in [0.2, 0.25) is 0 Å². The first-order chi connectivity index (χ1) is 10.3. The third-order valence-electron chi connectivity index (χ3n) is 4.31. The lowest BCUT2D eigenvalue weighted by molar-refractivity contribution is 0.198. The second kappa shape index (κ2) is 6.14. The summed E-state index contributed by atoms with van der Waals surface area (Å²) in [7, 11) is 0. The molecule has 1 aromatic carbocycles. The maximum absolute atomic E-state index is 6.02. The summed E-state index contributed by atoms with van der Waals surface area (Å²) in [4.78, 5) is 8.94. The molecular weight excluding hydrogens is 260 g/mol. The molecule has 2 N–H and O–H groups in total. The van der Waals surface area contributed by atoms with Crippen molar-refractivity contribution in [3.05, 3.63) is 54.4 Å². The number of aromatic nitrogens is 1. The maximum atomic E-state index is 6.02. The predicted molar refractivity (Wildman–Crippen MR) is 87.3 cm³/mol. The fraction of sp³-hybridized carbons (Fsp3) is 0.353. The Morgan fingerprint density at radius 1 is 1.05 bits per heavy atom. The molecule has 1 fully saturated rings. The van der Waals surface area contributed by atoms with Crippen LogP contribution in [0.5, 0.6) is 0 Å². The van der Waals surface area contributed by atoms with E-state index in [1.165, 1.54) is 5.56 Å². The molecular formula is C17H22N4. The zero-order valence-corrected chi connectivity index (χ0v) is 12.4. The molecule has 1 aliphatic heterocycles. The quantitative estimate of drug-likeness (QED) is 0.939. The first-order valence-corrected chi connectivity index (χ1v) is 7.49.